The number of aromatic amines is 1. The average molecular weight is 206 g/mol. The Morgan fingerprint density at radius 3 is 3.13 bits per heavy atom. The zero-order valence-corrected chi connectivity index (χ0v) is 8.44. The molecule has 0 saturated heterocycles. The highest BCUT2D eigenvalue weighted by molar-refractivity contribution is 5.89. The number of amides is 1. The minimum absolute atomic E-state index is 0.0595. The van der Waals surface area contributed by atoms with E-state index in [1.165, 1.54) is 25.6 Å². The van der Waals surface area contributed by atoms with Crippen LogP contribution in [0, 0.1) is 17.8 Å². The Balaban J connectivity index is 1.53. The summed E-state index contributed by atoms with van der Waals surface area (Å²) < 4.78 is 0. The normalized spacial score (nSPS) is 32.4. The van der Waals surface area contributed by atoms with E-state index in [-0.39, 0.29) is 5.91 Å². The van der Waals surface area contributed by atoms with Crippen molar-refractivity contribution in [2.45, 2.75) is 25.7 Å². The SMILES string of the molecule is O=C(CC1CCC2CC12)Nc1ncn[nH]1. The van der Waals surface area contributed by atoms with Gasteiger partial charge in [0.1, 0.15) is 6.33 Å². The number of fused-ring (bicyclic) bond motifs is 1. The molecule has 0 aromatic carbocycles. The largest absolute Gasteiger partial charge is 0.295 e. The van der Waals surface area contributed by atoms with Crippen molar-refractivity contribution in [3.05, 3.63) is 6.33 Å². The average Bonchev–Trinajstić information content (AvgIpc) is 2.64. The van der Waals surface area contributed by atoms with Crippen molar-refractivity contribution in [1.29, 1.82) is 0 Å². The molecule has 80 valence electrons. The van der Waals surface area contributed by atoms with Crippen LogP contribution >= 0.6 is 0 Å². The molecule has 0 aliphatic heterocycles. The first-order valence-corrected chi connectivity index (χ1v) is 5.48. The molecule has 0 radical (unpaired) electrons. The quantitative estimate of drug-likeness (QED) is 0.780. The van der Waals surface area contributed by atoms with Crippen molar-refractivity contribution in [2.24, 2.45) is 17.8 Å². The molecule has 2 saturated carbocycles. The molecule has 2 fully saturated rings. The molecule has 2 N–H and O–H groups in total. The number of anilines is 1. The van der Waals surface area contributed by atoms with E-state index in [0.29, 0.717) is 18.3 Å². The number of nitrogens with one attached hydrogen (secondary N) is 2. The van der Waals surface area contributed by atoms with Crippen LogP contribution in [0.25, 0.3) is 0 Å². The smallest absolute Gasteiger partial charge is 0.227 e. The van der Waals surface area contributed by atoms with Crippen LogP contribution in [0.2, 0.25) is 0 Å². The Hall–Kier alpha value is -1.39. The summed E-state index contributed by atoms with van der Waals surface area (Å²) in [6, 6.07) is 0. The molecule has 0 bridgehead atoms. The van der Waals surface area contributed by atoms with E-state index in [1.54, 1.807) is 0 Å². The van der Waals surface area contributed by atoms with Crippen LogP contribution in [-0.2, 0) is 4.79 Å². The second-order valence-corrected chi connectivity index (χ2v) is 4.58. The Kier molecular flexibility index (Phi) is 1.97. The summed E-state index contributed by atoms with van der Waals surface area (Å²) in [5.74, 6) is 2.89. The fourth-order valence-corrected chi connectivity index (χ4v) is 2.76. The van der Waals surface area contributed by atoms with Gasteiger partial charge >= 0.3 is 0 Å². The van der Waals surface area contributed by atoms with Gasteiger partial charge in [0.2, 0.25) is 11.9 Å². The van der Waals surface area contributed by atoms with Crippen LogP contribution in [0.1, 0.15) is 25.7 Å². The number of rotatable bonds is 3. The molecule has 5 heteroatoms. The van der Waals surface area contributed by atoms with Crippen molar-refractivity contribution in [3.63, 3.8) is 0 Å². The summed E-state index contributed by atoms with van der Waals surface area (Å²) in [7, 11) is 0. The van der Waals surface area contributed by atoms with Crippen LogP contribution in [0.15, 0.2) is 6.33 Å². The second-order valence-electron chi connectivity index (χ2n) is 4.58. The lowest BCUT2D eigenvalue weighted by Crippen LogP contribution is -2.17. The summed E-state index contributed by atoms with van der Waals surface area (Å²) >= 11 is 0. The highest BCUT2D eigenvalue weighted by atomic mass is 16.1. The third kappa shape index (κ3) is 1.73. The molecule has 3 atom stereocenters. The number of nitrogens with zero attached hydrogens (tertiary/aromatic N) is 2. The Morgan fingerprint density at radius 1 is 1.60 bits per heavy atom. The Morgan fingerprint density at radius 2 is 2.53 bits per heavy atom. The highest BCUT2D eigenvalue weighted by Crippen LogP contribution is 2.56. The van der Waals surface area contributed by atoms with E-state index < -0.39 is 0 Å². The van der Waals surface area contributed by atoms with Gasteiger partial charge in [0.25, 0.3) is 0 Å². The standard InChI is InChI=1S/C10H14N4O/c15-9(13-10-11-5-12-14-10)4-7-2-1-6-3-8(6)7/h5-8H,1-4H2,(H2,11,12,13,14,15). The van der Waals surface area contributed by atoms with Crippen LogP contribution < -0.4 is 5.32 Å². The lowest BCUT2D eigenvalue weighted by molar-refractivity contribution is -0.117. The minimum atomic E-state index is 0.0595. The van der Waals surface area contributed by atoms with Crippen molar-refractivity contribution in [3.8, 4) is 0 Å². The second kappa shape index (κ2) is 3.32. The molecule has 15 heavy (non-hydrogen) atoms. The summed E-state index contributed by atoms with van der Waals surface area (Å²) in [5.41, 5.74) is 0. The third-order valence-corrected chi connectivity index (χ3v) is 3.61. The molecule has 3 rings (SSSR count). The van der Waals surface area contributed by atoms with Gasteiger partial charge in [0.15, 0.2) is 0 Å². The van der Waals surface area contributed by atoms with E-state index in [9.17, 15) is 4.79 Å². The summed E-state index contributed by atoms with van der Waals surface area (Å²) in [5, 5.41) is 9.02. The van der Waals surface area contributed by atoms with Crippen LogP contribution in [0.3, 0.4) is 0 Å². The highest BCUT2D eigenvalue weighted by Gasteiger charge is 2.48. The fourth-order valence-electron chi connectivity index (χ4n) is 2.76. The zero-order valence-electron chi connectivity index (χ0n) is 8.44. The molecular weight excluding hydrogens is 192 g/mol. The minimum Gasteiger partial charge on any atom is -0.295 e. The monoisotopic (exact) mass is 206 g/mol. The summed E-state index contributed by atoms with van der Waals surface area (Å²) in [4.78, 5) is 15.5. The number of carbonyl (C=O) groups excluding carboxylic acids is 1. The molecule has 1 heterocycles. The van der Waals surface area contributed by atoms with Gasteiger partial charge in [-0.2, -0.15) is 10.1 Å². The maximum atomic E-state index is 11.6. The van der Waals surface area contributed by atoms with Crippen LogP contribution in [-0.4, -0.2) is 21.1 Å². The van der Waals surface area contributed by atoms with Crippen molar-refractivity contribution < 1.29 is 4.79 Å². The summed E-state index contributed by atoms with van der Waals surface area (Å²) in [6.07, 6.45) is 5.92. The predicted molar refractivity (Wildman–Crippen MR) is 54.0 cm³/mol. The fraction of sp³-hybridized carbons (Fsp3) is 0.700. The number of H-pyrrole nitrogens is 1. The molecule has 2 aliphatic carbocycles. The van der Waals surface area contributed by atoms with Gasteiger partial charge in [-0.15, -0.1) is 0 Å². The number of carbonyl (C=O) groups is 1. The third-order valence-electron chi connectivity index (χ3n) is 3.61. The molecule has 5 nitrogen and oxygen atoms in total. The first kappa shape index (κ1) is 8.88. The molecular formula is C10H14N4O. The number of hydrogen-bond acceptors (Lipinski definition) is 3. The molecule has 2 aliphatic rings. The Labute approximate surface area is 87.7 Å². The number of hydrogen-bond donors (Lipinski definition) is 2. The van der Waals surface area contributed by atoms with E-state index in [1.807, 2.05) is 0 Å². The van der Waals surface area contributed by atoms with Gasteiger partial charge in [0.05, 0.1) is 0 Å². The zero-order chi connectivity index (χ0) is 10.3. The van der Waals surface area contributed by atoms with Crippen molar-refractivity contribution >= 4 is 11.9 Å². The van der Waals surface area contributed by atoms with Gasteiger partial charge in [-0.1, -0.05) is 0 Å². The topological polar surface area (TPSA) is 70.7 Å². The predicted octanol–water partition coefficient (Wildman–Crippen LogP) is 1.18. The molecule has 1 aromatic heterocycles. The van der Waals surface area contributed by atoms with E-state index in [4.69, 9.17) is 0 Å². The molecule has 1 amide bonds. The van der Waals surface area contributed by atoms with Gasteiger partial charge in [0, 0.05) is 6.42 Å². The molecule has 3 unspecified atom stereocenters. The molecule has 1 aromatic rings. The number of aromatic nitrogens is 3. The van der Waals surface area contributed by atoms with Crippen molar-refractivity contribution in [2.75, 3.05) is 5.32 Å². The van der Waals surface area contributed by atoms with E-state index in [0.717, 1.165) is 11.8 Å². The van der Waals surface area contributed by atoms with E-state index >= 15 is 0 Å². The van der Waals surface area contributed by atoms with Crippen LogP contribution in [0.5, 0.6) is 0 Å². The lowest BCUT2D eigenvalue weighted by atomic mass is 9.99. The Bertz CT molecular complexity index is 362. The first-order valence-electron chi connectivity index (χ1n) is 5.48. The van der Waals surface area contributed by atoms with E-state index in [2.05, 4.69) is 20.5 Å². The van der Waals surface area contributed by atoms with Crippen molar-refractivity contribution in [1.82, 2.24) is 15.2 Å². The maximum absolute atomic E-state index is 11.6. The summed E-state index contributed by atoms with van der Waals surface area (Å²) in [6.45, 7) is 0. The van der Waals surface area contributed by atoms with Gasteiger partial charge in [-0.25, -0.2) is 5.10 Å². The maximum Gasteiger partial charge on any atom is 0.227 e. The molecule has 0 spiro atoms. The van der Waals surface area contributed by atoms with Crippen LogP contribution in [0.4, 0.5) is 5.95 Å². The first-order chi connectivity index (χ1) is 7.33. The lowest BCUT2D eigenvalue weighted by Gasteiger charge is -2.09. The van der Waals surface area contributed by atoms with Gasteiger partial charge in [-0.05, 0) is 37.0 Å². The van der Waals surface area contributed by atoms with Gasteiger partial charge in [-0.3, -0.25) is 10.1 Å². The van der Waals surface area contributed by atoms with Gasteiger partial charge < -0.3 is 0 Å².